The van der Waals surface area contributed by atoms with E-state index in [-0.39, 0.29) is 11.2 Å². The lowest BCUT2D eigenvalue weighted by Crippen LogP contribution is -2.26. The zero-order valence-electron chi connectivity index (χ0n) is 12.9. The number of nitrogens with one attached hydrogen (secondary N) is 2. The third kappa shape index (κ3) is 6.91. The van der Waals surface area contributed by atoms with Crippen molar-refractivity contribution in [1.29, 1.82) is 0 Å². The highest BCUT2D eigenvalue weighted by Crippen LogP contribution is 2.18. The fourth-order valence-electron chi connectivity index (χ4n) is 1.89. The van der Waals surface area contributed by atoms with Crippen LogP contribution in [-0.4, -0.2) is 20.7 Å². The van der Waals surface area contributed by atoms with E-state index in [4.69, 9.17) is 0 Å². The van der Waals surface area contributed by atoms with E-state index in [0.29, 0.717) is 5.69 Å². The normalized spacial score (nSPS) is 12.4. The molecule has 1 rings (SSSR count). The molecule has 0 saturated carbocycles. The average Bonchev–Trinajstić information content (AvgIpc) is 2.28. The Morgan fingerprint density at radius 3 is 2.20 bits per heavy atom. The van der Waals surface area contributed by atoms with Crippen molar-refractivity contribution in [3.63, 3.8) is 0 Å². The lowest BCUT2D eigenvalue weighted by molar-refractivity contribution is 0.463. The van der Waals surface area contributed by atoms with Crippen molar-refractivity contribution >= 4 is 15.7 Å². The van der Waals surface area contributed by atoms with Gasteiger partial charge in [0.25, 0.3) is 0 Å². The zero-order chi connectivity index (χ0) is 15.2. The molecule has 1 aromatic carbocycles. The third-order valence-electron chi connectivity index (χ3n) is 2.61. The lowest BCUT2D eigenvalue weighted by atomic mass is 10.0. The highest BCUT2D eigenvalue weighted by atomic mass is 32.2. The first-order valence-electron chi connectivity index (χ1n) is 7.02. The third-order valence-corrected chi connectivity index (χ3v) is 4.40. The second-order valence-electron chi connectivity index (χ2n) is 6.30. The predicted molar refractivity (Wildman–Crippen MR) is 85.3 cm³/mol. The van der Waals surface area contributed by atoms with E-state index in [9.17, 15) is 8.42 Å². The highest BCUT2D eigenvalue weighted by molar-refractivity contribution is 7.92. The summed E-state index contributed by atoms with van der Waals surface area (Å²) < 4.78 is 26.6. The Labute approximate surface area is 123 Å². The molecule has 0 spiro atoms. The minimum atomic E-state index is -3.29. The summed E-state index contributed by atoms with van der Waals surface area (Å²) in [6.07, 6.45) is 1.10. The van der Waals surface area contributed by atoms with Gasteiger partial charge in [-0.2, -0.15) is 0 Å². The van der Waals surface area contributed by atoms with E-state index in [2.05, 4.69) is 17.0 Å². The Morgan fingerprint density at radius 2 is 1.70 bits per heavy atom. The molecular formula is C15H26N2O2S. The van der Waals surface area contributed by atoms with Crippen LogP contribution in [0.5, 0.6) is 0 Å². The van der Waals surface area contributed by atoms with Crippen molar-refractivity contribution in [2.24, 2.45) is 5.41 Å². The first-order valence-corrected chi connectivity index (χ1v) is 8.67. The molecule has 0 aliphatic rings. The fraction of sp³-hybridized carbons (Fsp3) is 0.600. The molecule has 1 aromatic rings. The molecule has 2 N–H and O–H groups in total. The molecule has 0 radical (unpaired) electrons. The number of anilines is 1. The Kier molecular flexibility index (Phi) is 6.02. The molecule has 0 bridgehead atoms. The zero-order valence-corrected chi connectivity index (χ0v) is 13.7. The summed E-state index contributed by atoms with van der Waals surface area (Å²) in [5.41, 5.74) is 1.52. The molecule has 0 heterocycles. The van der Waals surface area contributed by atoms with Crippen LogP contribution in [0.2, 0.25) is 0 Å². The molecule has 0 aliphatic carbocycles. The maximum atomic E-state index is 12.0. The van der Waals surface area contributed by atoms with E-state index in [1.165, 1.54) is 0 Å². The Balaban J connectivity index is 2.61. The van der Waals surface area contributed by atoms with Gasteiger partial charge in [-0.1, -0.05) is 39.8 Å². The first-order chi connectivity index (χ1) is 9.22. The molecule has 0 atom stereocenters. The topological polar surface area (TPSA) is 58.2 Å². The van der Waals surface area contributed by atoms with Crippen LogP contribution in [0.15, 0.2) is 24.3 Å². The summed E-state index contributed by atoms with van der Waals surface area (Å²) >= 11 is 0. The molecule has 0 aliphatic heterocycles. The van der Waals surface area contributed by atoms with Crippen LogP contribution in [0.1, 0.15) is 39.7 Å². The minimum absolute atomic E-state index is 0.111. The van der Waals surface area contributed by atoms with Crippen molar-refractivity contribution in [3.8, 4) is 0 Å². The molecule has 0 saturated heterocycles. The molecule has 0 fully saturated rings. The maximum absolute atomic E-state index is 12.0. The van der Waals surface area contributed by atoms with Crippen LogP contribution >= 0.6 is 0 Å². The summed E-state index contributed by atoms with van der Waals surface area (Å²) in [5, 5.41) is 3.31. The summed E-state index contributed by atoms with van der Waals surface area (Å²) in [5.74, 6) is 0.111. The van der Waals surface area contributed by atoms with E-state index in [0.717, 1.165) is 25.1 Å². The summed E-state index contributed by atoms with van der Waals surface area (Å²) in [4.78, 5) is 0. The number of hydrogen-bond donors (Lipinski definition) is 2. The number of hydrogen-bond acceptors (Lipinski definition) is 3. The largest absolute Gasteiger partial charge is 0.313 e. The molecule has 0 aromatic heterocycles. The Hall–Kier alpha value is -1.07. The van der Waals surface area contributed by atoms with Gasteiger partial charge in [0.05, 0.1) is 5.75 Å². The second kappa shape index (κ2) is 7.09. The van der Waals surface area contributed by atoms with Crippen LogP contribution in [0, 0.1) is 5.41 Å². The summed E-state index contributed by atoms with van der Waals surface area (Å²) in [7, 11) is -3.29. The molecule has 0 unspecified atom stereocenters. The quantitative estimate of drug-likeness (QED) is 0.761. The average molecular weight is 298 g/mol. The number of benzene rings is 1. The molecule has 4 nitrogen and oxygen atoms in total. The smallest absolute Gasteiger partial charge is 0.233 e. The van der Waals surface area contributed by atoms with E-state index in [1.54, 1.807) is 0 Å². The van der Waals surface area contributed by atoms with Crippen LogP contribution < -0.4 is 10.0 Å². The van der Waals surface area contributed by atoms with Crippen LogP contribution in [0.3, 0.4) is 0 Å². The Morgan fingerprint density at radius 1 is 1.10 bits per heavy atom. The lowest BCUT2D eigenvalue weighted by Gasteiger charge is -2.18. The van der Waals surface area contributed by atoms with Gasteiger partial charge in [0.2, 0.25) is 10.0 Å². The molecular weight excluding hydrogens is 272 g/mol. The van der Waals surface area contributed by atoms with E-state index < -0.39 is 10.0 Å². The van der Waals surface area contributed by atoms with Crippen molar-refractivity contribution < 1.29 is 8.42 Å². The first kappa shape index (κ1) is 17.0. The SMILES string of the molecule is CCCNCc1ccc(NS(=O)(=O)CC(C)(C)C)cc1. The number of rotatable bonds is 7. The van der Waals surface area contributed by atoms with Gasteiger partial charge in [0, 0.05) is 12.2 Å². The number of sulfonamides is 1. The van der Waals surface area contributed by atoms with Crippen molar-refractivity contribution in [2.75, 3.05) is 17.0 Å². The van der Waals surface area contributed by atoms with Crippen molar-refractivity contribution in [2.45, 2.75) is 40.7 Å². The standard InChI is InChI=1S/C15H26N2O2S/c1-5-10-16-11-13-6-8-14(9-7-13)17-20(18,19)12-15(2,3)4/h6-9,16-17H,5,10-12H2,1-4H3. The van der Waals surface area contributed by atoms with Gasteiger partial charge in [-0.25, -0.2) is 8.42 Å². The van der Waals surface area contributed by atoms with Crippen LogP contribution in [0.25, 0.3) is 0 Å². The monoisotopic (exact) mass is 298 g/mol. The van der Waals surface area contributed by atoms with E-state index >= 15 is 0 Å². The van der Waals surface area contributed by atoms with Gasteiger partial charge in [-0.3, -0.25) is 4.72 Å². The van der Waals surface area contributed by atoms with Crippen molar-refractivity contribution in [3.05, 3.63) is 29.8 Å². The highest BCUT2D eigenvalue weighted by Gasteiger charge is 2.21. The van der Waals surface area contributed by atoms with Gasteiger partial charge in [0.1, 0.15) is 0 Å². The second-order valence-corrected chi connectivity index (χ2v) is 8.02. The van der Waals surface area contributed by atoms with Gasteiger partial charge >= 0.3 is 0 Å². The molecule has 0 amide bonds. The predicted octanol–water partition coefficient (Wildman–Crippen LogP) is 2.97. The Bertz CT molecular complexity index is 502. The minimum Gasteiger partial charge on any atom is -0.313 e. The van der Waals surface area contributed by atoms with Gasteiger partial charge in [-0.15, -0.1) is 0 Å². The summed E-state index contributed by atoms with van der Waals surface area (Å²) in [6, 6.07) is 7.50. The van der Waals surface area contributed by atoms with E-state index in [1.807, 2.05) is 45.0 Å². The molecule has 5 heteroatoms. The van der Waals surface area contributed by atoms with Crippen LogP contribution in [-0.2, 0) is 16.6 Å². The molecule has 114 valence electrons. The van der Waals surface area contributed by atoms with Gasteiger partial charge < -0.3 is 5.32 Å². The van der Waals surface area contributed by atoms with Gasteiger partial charge in [0.15, 0.2) is 0 Å². The maximum Gasteiger partial charge on any atom is 0.233 e. The van der Waals surface area contributed by atoms with Crippen molar-refractivity contribution in [1.82, 2.24) is 5.32 Å². The van der Waals surface area contributed by atoms with Gasteiger partial charge in [-0.05, 0) is 36.1 Å². The fourth-order valence-corrected chi connectivity index (χ4v) is 3.59. The molecule has 20 heavy (non-hydrogen) atoms. The van der Waals surface area contributed by atoms with Crippen LogP contribution in [0.4, 0.5) is 5.69 Å². The summed E-state index contributed by atoms with van der Waals surface area (Å²) in [6.45, 7) is 9.65.